The number of nitrogens with one attached hydrogen (secondary N) is 1. The summed E-state index contributed by atoms with van der Waals surface area (Å²) in [5, 5.41) is 11.7. The number of urea groups is 1. The second-order valence-electron chi connectivity index (χ2n) is 5.41. The lowest BCUT2D eigenvalue weighted by molar-refractivity contribution is -0.137. The van der Waals surface area contributed by atoms with Crippen molar-refractivity contribution in [1.29, 1.82) is 0 Å². The fourth-order valence-corrected chi connectivity index (χ4v) is 3.03. The Morgan fingerprint density at radius 2 is 1.90 bits per heavy atom. The van der Waals surface area contributed by atoms with E-state index in [4.69, 9.17) is 5.11 Å². The number of anilines is 1. The summed E-state index contributed by atoms with van der Waals surface area (Å²) in [6.45, 7) is 4.12. The monoisotopic (exact) mass is 354 g/mol. The number of hydrogen-bond acceptors (Lipinski definition) is 2. The molecular weight excluding hydrogens is 336 g/mol. The van der Waals surface area contributed by atoms with E-state index in [1.807, 2.05) is 26.0 Å². The summed E-state index contributed by atoms with van der Waals surface area (Å²) in [5.74, 6) is -0.885. The van der Waals surface area contributed by atoms with E-state index in [0.717, 1.165) is 34.1 Å². The van der Waals surface area contributed by atoms with Crippen LogP contribution in [0.2, 0.25) is 0 Å². The first-order chi connectivity index (χ1) is 9.88. The van der Waals surface area contributed by atoms with E-state index in [-0.39, 0.29) is 25.0 Å². The smallest absolute Gasteiger partial charge is 0.322 e. The molecule has 0 saturated heterocycles. The molecule has 0 radical (unpaired) electrons. The summed E-state index contributed by atoms with van der Waals surface area (Å²) in [6.07, 6.45) is 1.87. The van der Waals surface area contributed by atoms with E-state index in [1.54, 1.807) is 4.90 Å². The van der Waals surface area contributed by atoms with Gasteiger partial charge in [0.1, 0.15) is 0 Å². The molecule has 1 fully saturated rings. The fraction of sp³-hybridized carbons (Fsp3) is 0.467. The van der Waals surface area contributed by atoms with Crippen molar-refractivity contribution < 1.29 is 14.7 Å². The molecule has 114 valence electrons. The first-order valence-corrected chi connectivity index (χ1v) is 7.74. The van der Waals surface area contributed by atoms with Crippen molar-refractivity contribution in [3.8, 4) is 0 Å². The predicted molar refractivity (Wildman–Crippen MR) is 84.6 cm³/mol. The van der Waals surface area contributed by atoms with Crippen LogP contribution in [0.4, 0.5) is 10.5 Å². The molecule has 1 aliphatic rings. The minimum absolute atomic E-state index is 0.0256. The van der Waals surface area contributed by atoms with Gasteiger partial charge in [-0.1, -0.05) is 15.9 Å². The number of carboxylic acid groups (broad SMARTS) is 1. The van der Waals surface area contributed by atoms with Crippen molar-refractivity contribution in [3.63, 3.8) is 0 Å². The number of benzene rings is 1. The third-order valence-electron chi connectivity index (χ3n) is 3.54. The Balaban J connectivity index is 2.10. The van der Waals surface area contributed by atoms with Gasteiger partial charge in [-0.3, -0.25) is 4.79 Å². The number of hydrogen-bond donors (Lipinski definition) is 2. The highest BCUT2D eigenvalue weighted by Gasteiger charge is 2.33. The zero-order valence-electron chi connectivity index (χ0n) is 12.1. The maximum atomic E-state index is 12.4. The molecule has 0 unspecified atom stereocenters. The number of carbonyl (C=O) groups excluding carboxylic acids is 1. The third kappa shape index (κ3) is 4.20. The number of aliphatic carboxylic acids is 1. The zero-order valence-corrected chi connectivity index (χ0v) is 13.7. The Kier molecular flexibility index (Phi) is 4.88. The zero-order chi connectivity index (χ0) is 15.6. The van der Waals surface area contributed by atoms with Crippen LogP contribution in [0.3, 0.4) is 0 Å². The van der Waals surface area contributed by atoms with Crippen molar-refractivity contribution in [2.24, 2.45) is 0 Å². The quantitative estimate of drug-likeness (QED) is 0.849. The van der Waals surface area contributed by atoms with Gasteiger partial charge in [0.15, 0.2) is 0 Å². The largest absolute Gasteiger partial charge is 0.481 e. The molecule has 0 heterocycles. The van der Waals surface area contributed by atoms with E-state index >= 15 is 0 Å². The molecule has 1 aliphatic carbocycles. The first kappa shape index (κ1) is 15.8. The number of halogens is 1. The average molecular weight is 355 g/mol. The summed E-state index contributed by atoms with van der Waals surface area (Å²) >= 11 is 3.43. The second kappa shape index (κ2) is 6.47. The van der Waals surface area contributed by atoms with Gasteiger partial charge in [-0.15, -0.1) is 0 Å². The van der Waals surface area contributed by atoms with Crippen LogP contribution in [0.15, 0.2) is 16.6 Å². The summed E-state index contributed by atoms with van der Waals surface area (Å²) < 4.78 is 0.973. The van der Waals surface area contributed by atoms with Crippen molar-refractivity contribution >= 4 is 33.6 Å². The van der Waals surface area contributed by atoms with Crippen LogP contribution >= 0.6 is 15.9 Å². The van der Waals surface area contributed by atoms with Crippen LogP contribution in [0.25, 0.3) is 0 Å². The average Bonchev–Trinajstić information content (AvgIpc) is 3.18. The van der Waals surface area contributed by atoms with Gasteiger partial charge in [0.25, 0.3) is 0 Å². The molecule has 0 bridgehead atoms. The van der Waals surface area contributed by atoms with Crippen molar-refractivity contribution in [2.75, 3.05) is 11.9 Å². The van der Waals surface area contributed by atoms with Crippen LogP contribution in [0.1, 0.15) is 30.4 Å². The summed E-state index contributed by atoms with van der Waals surface area (Å²) in [7, 11) is 0. The van der Waals surface area contributed by atoms with Crippen LogP contribution in [-0.4, -0.2) is 34.6 Å². The lowest BCUT2D eigenvalue weighted by atomic mass is 10.1. The summed E-state index contributed by atoms with van der Waals surface area (Å²) in [5.41, 5.74) is 2.75. The number of rotatable bonds is 5. The Morgan fingerprint density at radius 3 is 2.38 bits per heavy atom. The molecule has 1 aromatic rings. The number of carboxylic acids is 1. The summed E-state index contributed by atoms with van der Waals surface area (Å²) in [6, 6.07) is 3.86. The summed E-state index contributed by atoms with van der Waals surface area (Å²) in [4.78, 5) is 24.7. The topological polar surface area (TPSA) is 69.6 Å². The Labute approximate surface area is 132 Å². The Morgan fingerprint density at radius 1 is 1.33 bits per heavy atom. The minimum Gasteiger partial charge on any atom is -0.481 e. The van der Waals surface area contributed by atoms with E-state index in [1.165, 1.54) is 0 Å². The van der Waals surface area contributed by atoms with Gasteiger partial charge in [0, 0.05) is 22.7 Å². The third-order valence-corrected chi connectivity index (χ3v) is 4.00. The normalized spacial score (nSPS) is 13.9. The van der Waals surface area contributed by atoms with Crippen LogP contribution in [0.5, 0.6) is 0 Å². The van der Waals surface area contributed by atoms with E-state index < -0.39 is 5.97 Å². The van der Waals surface area contributed by atoms with Crippen LogP contribution in [-0.2, 0) is 4.79 Å². The maximum absolute atomic E-state index is 12.4. The lowest BCUT2D eigenvalue weighted by Gasteiger charge is -2.23. The molecule has 1 aromatic carbocycles. The molecule has 2 rings (SSSR count). The number of aryl methyl sites for hydroxylation is 2. The van der Waals surface area contributed by atoms with Gasteiger partial charge in [-0.2, -0.15) is 0 Å². The van der Waals surface area contributed by atoms with E-state index in [9.17, 15) is 9.59 Å². The van der Waals surface area contributed by atoms with Gasteiger partial charge in [0.2, 0.25) is 0 Å². The molecule has 2 amide bonds. The van der Waals surface area contributed by atoms with Gasteiger partial charge >= 0.3 is 12.0 Å². The maximum Gasteiger partial charge on any atom is 0.322 e. The Hall–Kier alpha value is -1.56. The molecule has 2 N–H and O–H groups in total. The molecular formula is C15H19BrN2O3. The highest BCUT2D eigenvalue weighted by Crippen LogP contribution is 2.29. The fourth-order valence-electron chi connectivity index (χ4n) is 2.34. The van der Waals surface area contributed by atoms with E-state index in [0.29, 0.717) is 0 Å². The van der Waals surface area contributed by atoms with Crippen molar-refractivity contribution in [3.05, 3.63) is 27.7 Å². The molecule has 0 aliphatic heterocycles. The standard InChI is InChI=1S/C15H19BrN2O3/c1-9-7-11(16)8-10(2)14(9)17-15(21)18(12-3-4-12)6-5-13(19)20/h7-8,12H,3-6H2,1-2H3,(H,17,21)(H,19,20). The van der Waals surface area contributed by atoms with Crippen molar-refractivity contribution in [1.82, 2.24) is 4.90 Å². The molecule has 0 atom stereocenters. The van der Waals surface area contributed by atoms with Crippen LogP contribution in [0, 0.1) is 13.8 Å². The molecule has 21 heavy (non-hydrogen) atoms. The van der Waals surface area contributed by atoms with Crippen molar-refractivity contribution in [2.45, 2.75) is 39.2 Å². The lowest BCUT2D eigenvalue weighted by Crippen LogP contribution is -2.38. The molecule has 5 nitrogen and oxygen atoms in total. The molecule has 0 spiro atoms. The predicted octanol–water partition coefficient (Wildman–Crippen LogP) is 3.54. The van der Waals surface area contributed by atoms with E-state index in [2.05, 4.69) is 21.2 Å². The number of amides is 2. The van der Waals surface area contributed by atoms with Gasteiger partial charge in [-0.25, -0.2) is 4.79 Å². The van der Waals surface area contributed by atoms with Gasteiger partial charge < -0.3 is 15.3 Å². The second-order valence-corrected chi connectivity index (χ2v) is 6.33. The first-order valence-electron chi connectivity index (χ1n) is 6.94. The Bertz CT molecular complexity index is 547. The van der Waals surface area contributed by atoms with Gasteiger partial charge in [0.05, 0.1) is 6.42 Å². The minimum atomic E-state index is -0.885. The molecule has 1 saturated carbocycles. The SMILES string of the molecule is Cc1cc(Br)cc(C)c1NC(=O)N(CCC(=O)O)C1CC1. The molecule has 6 heteroatoms. The number of nitrogens with zero attached hydrogens (tertiary/aromatic N) is 1. The highest BCUT2D eigenvalue weighted by atomic mass is 79.9. The number of carbonyl (C=O) groups is 2. The van der Waals surface area contributed by atoms with Gasteiger partial charge in [-0.05, 0) is 49.9 Å². The van der Waals surface area contributed by atoms with Crippen LogP contribution < -0.4 is 5.32 Å². The molecule has 0 aromatic heterocycles. The highest BCUT2D eigenvalue weighted by molar-refractivity contribution is 9.10.